The molecule has 0 saturated heterocycles. The maximum Gasteiger partial charge on any atom is 0.291 e. The molecule has 0 saturated carbocycles. The highest BCUT2D eigenvalue weighted by atomic mass is 19.1. The minimum absolute atomic E-state index is 0.0690. The second-order valence-electron chi connectivity index (χ2n) is 7.34. The van der Waals surface area contributed by atoms with E-state index < -0.39 is 23.2 Å². The number of carbonyl (C=O) groups excluding carboxylic acids is 1. The lowest BCUT2D eigenvalue weighted by Gasteiger charge is -2.25. The summed E-state index contributed by atoms with van der Waals surface area (Å²) < 4.78 is 35.8. The zero-order chi connectivity index (χ0) is 22.4. The van der Waals surface area contributed by atoms with Crippen LogP contribution in [0.4, 0.5) is 4.39 Å². The van der Waals surface area contributed by atoms with E-state index in [1.807, 2.05) is 0 Å². The summed E-state index contributed by atoms with van der Waals surface area (Å²) in [5.74, 6) is 0.398. The van der Waals surface area contributed by atoms with Crippen LogP contribution in [0.25, 0.3) is 11.0 Å². The molecule has 1 atom stereocenters. The second-order valence-corrected chi connectivity index (χ2v) is 7.34. The van der Waals surface area contributed by atoms with Crippen molar-refractivity contribution in [1.82, 2.24) is 4.90 Å². The third kappa shape index (κ3) is 3.03. The van der Waals surface area contributed by atoms with Crippen LogP contribution < -0.4 is 14.9 Å². The largest absolute Gasteiger partial charge is 0.493 e. The molecule has 8 heteroatoms. The highest BCUT2D eigenvalue weighted by Crippen LogP contribution is 2.41. The smallest absolute Gasteiger partial charge is 0.291 e. The van der Waals surface area contributed by atoms with Gasteiger partial charge in [0.15, 0.2) is 16.9 Å². The summed E-state index contributed by atoms with van der Waals surface area (Å²) in [6.45, 7) is 0.110. The lowest BCUT2D eigenvalue weighted by molar-refractivity contribution is 0.0701. The van der Waals surface area contributed by atoms with Crippen molar-refractivity contribution in [2.45, 2.75) is 12.6 Å². The molecule has 1 amide bonds. The van der Waals surface area contributed by atoms with Gasteiger partial charge in [0.25, 0.3) is 5.91 Å². The Balaban J connectivity index is 1.75. The van der Waals surface area contributed by atoms with E-state index in [4.69, 9.17) is 18.3 Å². The molecule has 32 heavy (non-hydrogen) atoms. The van der Waals surface area contributed by atoms with Gasteiger partial charge in [-0.3, -0.25) is 9.59 Å². The van der Waals surface area contributed by atoms with E-state index in [9.17, 15) is 14.0 Å². The van der Waals surface area contributed by atoms with Gasteiger partial charge in [0.1, 0.15) is 17.2 Å². The first kappa shape index (κ1) is 19.9. The van der Waals surface area contributed by atoms with Crippen LogP contribution in [0.1, 0.15) is 33.5 Å². The Morgan fingerprint density at radius 1 is 1.03 bits per heavy atom. The molecule has 0 fully saturated rings. The predicted octanol–water partition coefficient (Wildman–Crippen LogP) is 4.29. The molecule has 162 valence electrons. The van der Waals surface area contributed by atoms with Crippen LogP contribution in [0.5, 0.6) is 11.5 Å². The normalized spacial score (nSPS) is 15.3. The number of furan rings is 1. The van der Waals surface area contributed by atoms with Crippen molar-refractivity contribution < 1.29 is 27.5 Å². The van der Waals surface area contributed by atoms with Crippen LogP contribution >= 0.6 is 0 Å². The molecule has 0 N–H and O–H groups in total. The molecule has 7 nitrogen and oxygen atoms in total. The highest BCUT2D eigenvalue weighted by Gasteiger charge is 2.43. The summed E-state index contributed by atoms with van der Waals surface area (Å²) in [4.78, 5) is 28.3. The highest BCUT2D eigenvalue weighted by molar-refractivity contribution is 5.99. The molecule has 5 rings (SSSR count). The maximum absolute atomic E-state index is 13.9. The first-order chi connectivity index (χ1) is 15.5. The van der Waals surface area contributed by atoms with Gasteiger partial charge in [-0.05, 0) is 48.0 Å². The molecule has 2 aromatic carbocycles. The fourth-order valence-electron chi connectivity index (χ4n) is 4.10. The number of nitrogens with zero attached hydrogens (tertiary/aromatic N) is 1. The third-order valence-corrected chi connectivity index (χ3v) is 5.56. The first-order valence-electron chi connectivity index (χ1n) is 9.83. The number of fused-ring (bicyclic) bond motifs is 2. The fourth-order valence-corrected chi connectivity index (χ4v) is 4.10. The third-order valence-electron chi connectivity index (χ3n) is 5.56. The number of halogens is 1. The Hall–Kier alpha value is -4.07. The number of rotatable bonds is 5. The molecule has 3 heterocycles. The van der Waals surface area contributed by atoms with E-state index in [0.717, 1.165) is 6.07 Å². The minimum Gasteiger partial charge on any atom is -0.493 e. The van der Waals surface area contributed by atoms with Gasteiger partial charge in [-0.1, -0.05) is 6.07 Å². The molecule has 0 radical (unpaired) electrons. The van der Waals surface area contributed by atoms with Crippen molar-refractivity contribution >= 4 is 16.9 Å². The van der Waals surface area contributed by atoms with Gasteiger partial charge in [0.2, 0.25) is 5.76 Å². The molecule has 4 aromatic rings. The van der Waals surface area contributed by atoms with E-state index in [1.54, 1.807) is 30.3 Å². The first-order valence-corrected chi connectivity index (χ1v) is 9.83. The zero-order valence-electron chi connectivity index (χ0n) is 17.3. The second kappa shape index (κ2) is 7.56. The Morgan fingerprint density at radius 3 is 2.56 bits per heavy atom. The van der Waals surface area contributed by atoms with Crippen molar-refractivity contribution in [3.8, 4) is 11.5 Å². The monoisotopic (exact) mass is 435 g/mol. The lowest BCUT2D eigenvalue weighted by atomic mass is 9.98. The fraction of sp³-hybridized carbons (Fsp3) is 0.167. The summed E-state index contributed by atoms with van der Waals surface area (Å²) in [6.07, 6.45) is 1.51. The van der Waals surface area contributed by atoms with Gasteiger partial charge < -0.3 is 23.2 Å². The van der Waals surface area contributed by atoms with E-state index in [1.165, 1.54) is 37.5 Å². The molecule has 0 aliphatic carbocycles. The van der Waals surface area contributed by atoms with Gasteiger partial charge in [-0.2, -0.15) is 0 Å². The topological polar surface area (TPSA) is 82.1 Å². The van der Waals surface area contributed by atoms with Gasteiger partial charge in [-0.15, -0.1) is 0 Å². The van der Waals surface area contributed by atoms with Gasteiger partial charge in [0.05, 0.1) is 44.0 Å². The summed E-state index contributed by atoms with van der Waals surface area (Å²) in [5.41, 5.74) is 0.446. The Bertz CT molecular complexity index is 1390. The Kier molecular flexibility index (Phi) is 4.70. The summed E-state index contributed by atoms with van der Waals surface area (Å²) in [7, 11) is 3.02. The Labute approximate surface area is 181 Å². The number of hydrogen-bond donors (Lipinski definition) is 0. The minimum atomic E-state index is -0.786. The van der Waals surface area contributed by atoms with Crippen LogP contribution in [-0.4, -0.2) is 25.0 Å². The van der Waals surface area contributed by atoms with Crippen molar-refractivity contribution in [3.63, 3.8) is 0 Å². The quantitative estimate of drug-likeness (QED) is 0.465. The van der Waals surface area contributed by atoms with Crippen molar-refractivity contribution in [1.29, 1.82) is 0 Å². The predicted molar refractivity (Wildman–Crippen MR) is 112 cm³/mol. The van der Waals surface area contributed by atoms with E-state index >= 15 is 0 Å². The van der Waals surface area contributed by atoms with Crippen molar-refractivity contribution in [3.05, 3.63) is 93.5 Å². The lowest BCUT2D eigenvalue weighted by Crippen LogP contribution is -2.29. The molecule has 1 unspecified atom stereocenters. The SMILES string of the molecule is COc1ccc(C2c3c(oc4ccc(F)cc4c3=O)C(=O)N2Cc2ccco2)cc1OC. The molecule has 0 spiro atoms. The number of carbonyl (C=O) groups is 1. The molecule has 2 aromatic heterocycles. The van der Waals surface area contributed by atoms with Crippen LogP contribution in [-0.2, 0) is 6.54 Å². The van der Waals surface area contributed by atoms with E-state index in [2.05, 4.69) is 0 Å². The van der Waals surface area contributed by atoms with Crippen LogP contribution in [0.15, 0.2) is 68.4 Å². The molecule has 1 aliphatic rings. The van der Waals surface area contributed by atoms with Crippen LogP contribution in [0.2, 0.25) is 0 Å². The summed E-state index contributed by atoms with van der Waals surface area (Å²) in [6, 6.07) is 11.5. The average Bonchev–Trinajstić information content (AvgIpc) is 3.41. The van der Waals surface area contributed by atoms with Gasteiger partial charge >= 0.3 is 0 Å². The molecular formula is C24H18FNO6. The van der Waals surface area contributed by atoms with Gasteiger partial charge in [0, 0.05) is 0 Å². The van der Waals surface area contributed by atoms with Crippen LogP contribution in [0, 0.1) is 5.82 Å². The van der Waals surface area contributed by atoms with Crippen molar-refractivity contribution in [2.24, 2.45) is 0 Å². The number of amides is 1. The van der Waals surface area contributed by atoms with Crippen LogP contribution in [0.3, 0.4) is 0 Å². The number of methoxy groups -OCH3 is 2. The van der Waals surface area contributed by atoms with Gasteiger partial charge in [-0.25, -0.2) is 4.39 Å². The number of hydrogen-bond acceptors (Lipinski definition) is 6. The molecular weight excluding hydrogens is 417 g/mol. The Morgan fingerprint density at radius 2 is 1.84 bits per heavy atom. The van der Waals surface area contributed by atoms with E-state index in [-0.39, 0.29) is 28.8 Å². The molecule has 1 aliphatic heterocycles. The summed E-state index contributed by atoms with van der Waals surface area (Å²) >= 11 is 0. The summed E-state index contributed by atoms with van der Waals surface area (Å²) in [5, 5.41) is 0.0712. The molecule has 0 bridgehead atoms. The number of ether oxygens (including phenoxy) is 2. The standard InChI is InChI=1S/C24H18FNO6/c1-29-18-7-5-13(10-19(18)30-2)21-20-22(27)16-11-14(25)6-8-17(16)32-23(20)24(28)26(21)12-15-4-3-9-31-15/h3-11,21H,12H2,1-2H3. The van der Waals surface area contributed by atoms with E-state index in [0.29, 0.717) is 22.8 Å². The maximum atomic E-state index is 13.9. The average molecular weight is 435 g/mol. The van der Waals surface area contributed by atoms with Crippen molar-refractivity contribution in [2.75, 3.05) is 14.2 Å². The number of benzene rings is 2. The zero-order valence-corrected chi connectivity index (χ0v) is 17.3.